The van der Waals surface area contributed by atoms with Crippen LogP contribution >= 0.6 is 15.9 Å². The summed E-state index contributed by atoms with van der Waals surface area (Å²) in [4.78, 5) is 13.2. The van der Waals surface area contributed by atoms with Crippen molar-refractivity contribution >= 4 is 22.0 Å². The molecule has 0 saturated heterocycles. The van der Waals surface area contributed by atoms with Crippen LogP contribution in [0.3, 0.4) is 0 Å². The molecule has 0 aliphatic carbocycles. The zero-order valence-corrected chi connectivity index (χ0v) is 11.1. The minimum absolute atomic E-state index is 0.290. The Balaban J connectivity index is 2.21. The Bertz CT molecular complexity index is 450. The van der Waals surface area contributed by atoms with Gasteiger partial charge in [0.15, 0.2) is 0 Å². The van der Waals surface area contributed by atoms with Crippen LogP contribution in [0.5, 0.6) is 0 Å². The van der Waals surface area contributed by atoms with Gasteiger partial charge in [-0.1, -0.05) is 15.9 Å². The molecule has 1 aromatic rings. The van der Waals surface area contributed by atoms with Gasteiger partial charge in [-0.2, -0.15) is 0 Å². The second-order valence-electron chi connectivity index (χ2n) is 3.90. The van der Waals surface area contributed by atoms with Crippen molar-refractivity contribution in [2.75, 3.05) is 13.2 Å². The topological polar surface area (TPSA) is 29.5 Å². The van der Waals surface area contributed by atoms with E-state index in [-0.39, 0.29) is 11.9 Å². The van der Waals surface area contributed by atoms with Gasteiger partial charge < -0.3 is 9.64 Å². The van der Waals surface area contributed by atoms with E-state index in [2.05, 4.69) is 15.9 Å². The number of halogens is 2. The minimum Gasteiger partial charge on any atom is -0.450 e. The zero-order chi connectivity index (χ0) is 12.4. The molecule has 1 amide bonds. The molecular weight excluding hydrogens is 289 g/mol. The van der Waals surface area contributed by atoms with Crippen molar-refractivity contribution in [3.63, 3.8) is 0 Å². The van der Waals surface area contributed by atoms with Crippen LogP contribution < -0.4 is 0 Å². The Hall–Kier alpha value is -1.10. The maximum absolute atomic E-state index is 13.3. The molecular formula is C12H13BrFNO2. The summed E-state index contributed by atoms with van der Waals surface area (Å²) in [6.45, 7) is 3.14. The number of carbonyl (C=O) groups excluding carboxylic acids is 1. The van der Waals surface area contributed by atoms with Crippen molar-refractivity contribution < 1.29 is 13.9 Å². The molecule has 0 saturated carbocycles. The summed E-state index contributed by atoms with van der Waals surface area (Å²) in [7, 11) is 0. The number of fused-ring (bicyclic) bond motifs is 1. The number of benzene rings is 1. The highest BCUT2D eigenvalue weighted by atomic mass is 79.9. The Kier molecular flexibility index (Phi) is 3.66. The lowest BCUT2D eigenvalue weighted by atomic mass is 10.00. The van der Waals surface area contributed by atoms with E-state index in [4.69, 9.17) is 4.74 Å². The van der Waals surface area contributed by atoms with Crippen LogP contribution in [0.2, 0.25) is 0 Å². The van der Waals surface area contributed by atoms with Gasteiger partial charge in [-0.3, -0.25) is 0 Å². The highest BCUT2D eigenvalue weighted by molar-refractivity contribution is 9.10. The predicted octanol–water partition coefficient (Wildman–Crippen LogP) is 3.10. The Morgan fingerprint density at radius 2 is 2.35 bits per heavy atom. The molecule has 17 heavy (non-hydrogen) atoms. The molecule has 0 aromatic heterocycles. The summed E-state index contributed by atoms with van der Waals surface area (Å²) in [6, 6.07) is 2.93. The summed E-state index contributed by atoms with van der Waals surface area (Å²) in [5.74, 6) is -0.290. The quantitative estimate of drug-likeness (QED) is 0.798. The third kappa shape index (κ3) is 2.60. The molecule has 0 N–H and O–H groups in total. The second kappa shape index (κ2) is 5.04. The van der Waals surface area contributed by atoms with Crippen molar-refractivity contribution in [3.8, 4) is 0 Å². The minimum atomic E-state index is -0.335. The number of rotatable bonds is 1. The number of ether oxygens (including phenoxy) is 1. The average molecular weight is 302 g/mol. The van der Waals surface area contributed by atoms with Gasteiger partial charge >= 0.3 is 6.09 Å². The fraction of sp³-hybridized carbons (Fsp3) is 0.417. The van der Waals surface area contributed by atoms with Crippen molar-refractivity contribution in [2.45, 2.75) is 19.9 Å². The van der Waals surface area contributed by atoms with Gasteiger partial charge in [0.25, 0.3) is 0 Å². The predicted molar refractivity (Wildman–Crippen MR) is 65.2 cm³/mol. The van der Waals surface area contributed by atoms with Crippen LogP contribution in [0.4, 0.5) is 9.18 Å². The van der Waals surface area contributed by atoms with E-state index in [9.17, 15) is 9.18 Å². The van der Waals surface area contributed by atoms with Gasteiger partial charge in [-0.25, -0.2) is 9.18 Å². The van der Waals surface area contributed by atoms with Crippen molar-refractivity contribution in [1.82, 2.24) is 4.90 Å². The molecule has 3 nitrogen and oxygen atoms in total. The molecule has 2 rings (SSSR count). The molecule has 0 bridgehead atoms. The number of hydrogen-bond donors (Lipinski definition) is 0. The molecule has 92 valence electrons. The SMILES string of the molecule is CCOC(=O)N1CCc2c(Br)cc(F)cc2C1. The summed E-state index contributed by atoms with van der Waals surface area (Å²) in [5.41, 5.74) is 1.92. The van der Waals surface area contributed by atoms with E-state index in [0.717, 1.165) is 22.0 Å². The van der Waals surface area contributed by atoms with E-state index < -0.39 is 0 Å². The fourth-order valence-electron chi connectivity index (χ4n) is 1.98. The molecule has 0 radical (unpaired) electrons. The van der Waals surface area contributed by atoms with Crippen molar-refractivity contribution in [2.24, 2.45) is 0 Å². The molecule has 1 heterocycles. The number of hydrogen-bond acceptors (Lipinski definition) is 2. The maximum Gasteiger partial charge on any atom is 0.410 e. The van der Waals surface area contributed by atoms with E-state index in [1.165, 1.54) is 12.1 Å². The van der Waals surface area contributed by atoms with Gasteiger partial charge in [-0.05, 0) is 36.6 Å². The highest BCUT2D eigenvalue weighted by Gasteiger charge is 2.23. The first-order valence-corrected chi connectivity index (χ1v) is 6.29. The van der Waals surface area contributed by atoms with Gasteiger partial charge in [0.2, 0.25) is 0 Å². The smallest absolute Gasteiger partial charge is 0.410 e. The van der Waals surface area contributed by atoms with E-state index in [1.54, 1.807) is 11.8 Å². The normalized spacial score (nSPS) is 14.4. The summed E-state index contributed by atoms with van der Waals surface area (Å²) in [5, 5.41) is 0. The fourth-order valence-corrected chi connectivity index (χ4v) is 2.65. The summed E-state index contributed by atoms with van der Waals surface area (Å²) in [6.07, 6.45) is 0.383. The summed E-state index contributed by atoms with van der Waals surface area (Å²) >= 11 is 3.35. The zero-order valence-electron chi connectivity index (χ0n) is 9.50. The monoisotopic (exact) mass is 301 g/mol. The molecule has 0 spiro atoms. The van der Waals surface area contributed by atoms with Gasteiger partial charge in [0, 0.05) is 17.6 Å². The van der Waals surface area contributed by atoms with Crippen molar-refractivity contribution in [3.05, 3.63) is 33.5 Å². The lowest BCUT2D eigenvalue weighted by Gasteiger charge is -2.28. The Morgan fingerprint density at radius 3 is 3.06 bits per heavy atom. The standard InChI is InChI=1S/C12H13BrFNO2/c1-2-17-12(16)15-4-3-10-8(7-15)5-9(14)6-11(10)13/h5-6H,2-4,7H2,1H3. The van der Waals surface area contributed by atoms with Gasteiger partial charge in [0.1, 0.15) is 5.82 Å². The van der Waals surface area contributed by atoms with Crippen LogP contribution in [0.1, 0.15) is 18.1 Å². The largest absolute Gasteiger partial charge is 0.450 e. The van der Waals surface area contributed by atoms with E-state index in [1.807, 2.05) is 0 Å². The molecule has 1 aliphatic rings. The van der Waals surface area contributed by atoms with Crippen LogP contribution in [0.25, 0.3) is 0 Å². The average Bonchev–Trinajstić information content (AvgIpc) is 2.28. The number of amides is 1. The molecule has 1 aromatic carbocycles. The highest BCUT2D eigenvalue weighted by Crippen LogP contribution is 2.27. The van der Waals surface area contributed by atoms with E-state index >= 15 is 0 Å². The first kappa shape index (κ1) is 12.4. The third-order valence-corrected chi connectivity index (χ3v) is 3.48. The first-order chi connectivity index (χ1) is 8.11. The molecule has 1 aliphatic heterocycles. The van der Waals surface area contributed by atoms with Crippen LogP contribution in [0.15, 0.2) is 16.6 Å². The summed E-state index contributed by atoms with van der Waals surface area (Å²) < 4.78 is 19.0. The Morgan fingerprint density at radius 1 is 1.59 bits per heavy atom. The third-order valence-electron chi connectivity index (χ3n) is 2.77. The lowest BCUT2D eigenvalue weighted by Crippen LogP contribution is -2.36. The van der Waals surface area contributed by atoms with Gasteiger partial charge in [-0.15, -0.1) is 0 Å². The van der Waals surface area contributed by atoms with Crippen LogP contribution in [-0.4, -0.2) is 24.1 Å². The van der Waals surface area contributed by atoms with E-state index in [0.29, 0.717) is 19.7 Å². The van der Waals surface area contributed by atoms with Crippen molar-refractivity contribution in [1.29, 1.82) is 0 Å². The van der Waals surface area contributed by atoms with Crippen LogP contribution in [0, 0.1) is 5.82 Å². The number of nitrogens with zero attached hydrogens (tertiary/aromatic N) is 1. The molecule has 0 unspecified atom stereocenters. The molecule has 0 fully saturated rings. The lowest BCUT2D eigenvalue weighted by molar-refractivity contribution is 0.102. The van der Waals surface area contributed by atoms with Gasteiger partial charge in [0.05, 0.1) is 6.61 Å². The van der Waals surface area contributed by atoms with Crippen LogP contribution in [-0.2, 0) is 17.7 Å². The molecule has 0 atom stereocenters. The second-order valence-corrected chi connectivity index (χ2v) is 4.75. The molecule has 5 heteroatoms. The Labute approximate surface area is 108 Å². The first-order valence-electron chi connectivity index (χ1n) is 5.50. The number of carbonyl (C=O) groups is 1. The maximum atomic E-state index is 13.3.